The van der Waals surface area contributed by atoms with Gasteiger partial charge in [-0.2, -0.15) is 0 Å². The van der Waals surface area contributed by atoms with Gasteiger partial charge in [0.15, 0.2) is 0 Å². The highest BCUT2D eigenvalue weighted by Crippen LogP contribution is 2.30. The van der Waals surface area contributed by atoms with Gasteiger partial charge < -0.3 is 4.74 Å². The zero-order chi connectivity index (χ0) is 14.5. The van der Waals surface area contributed by atoms with Crippen molar-refractivity contribution in [1.29, 1.82) is 0 Å². The molecule has 2 aromatic carbocycles. The molecule has 0 spiro atoms. The molecular weight excluding hydrogens is 340 g/mol. The SMILES string of the molecule is COc1cc(Br)ccc1C(Cc1cccc(Cl)c1)NN. The molecule has 0 aromatic heterocycles. The van der Waals surface area contributed by atoms with Crippen LogP contribution >= 0.6 is 27.5 Å². The summed E-state index contributed by atoms with van der Waals surface area (Å²) in [6.07, 6.45) is 0.731. The van der Waals surface area contributed by atoms with Crippen molar-refractivity contribution >= 4 is 27.5 Å². The van der Waals surface area contributed by atoms with Crippen molar-refractivity contribution in [2.45, 2.75) is 12.5 Å². The van der Waals surface area contributed by atoms with Crippen molar-refractivity contribution in [3.63, 3.8) is 0 Å². The molecule has 2 rings (SSSR count). The number of ether oxygens (including phenoxy) is 1. The maximum atomic E-state index is 6.01. The van der Waals surface area contributed by atoms with E-state index in [0.717, 1.165) is 32.8 Å². The van der Waals surface area contributed by atoms with Crippen LogP contribution in [0.4, 0.5) is 0 Å². The molecule has 1 atom stereocenters. The standard InChI is InChI=1S/C15H16BrClN2O/c1-20-15-9-11(16)5-6-13(15)14(19-18)8-10-3-2-4-12(17)7-10/h2-7,9,14,19H,8,18H2,1H3. The summed E-state index contributed by atoms with van der Waals surface area (Å²) < 4.78 is 6.39. The molecule has 0 saturated heterocycles. The van der Waals surface area contributed by atoms with Crippen LogP contribution in [0.2, 0.25) is 5.02 Å². The van der Waals surface area contributed by atoms with E-state index in [9.17, 15) is 0 Å². The summed E-state index contributed by atoms with van der Waals surface area (Å²) in [6, 6.07) is 13.6. The quantitative estimate of drug-likeness (QED) is 0.632. The van der Waals surface area contributed by atoms with Crippen molar-refractivity contribution < 1.29 is 4.74 Å². The van der Waals surface area contributed by atoms with Crippen LogP contribution in [0.25, 0.3) is 0 Å². The minimum Gasteiger partial charge on any atom is -0.496 e. The van der Waals surface area contributed by atoms with Gasteiger partial charge in [0, 0.05) is 15.1 Å². The molecule has 0 saturated carbocycles. The van der Waals surface area contributed by atoms with Crippen LogP contribution in [0.5, 0.6) is 5.75 Å². The molecule has 0 heterocycles. The molecule has 0 aliphatic carbocycles. The van der Waals surface area contributed by atoms with Crippen LogP contribution in [0.1, 0.15) is 17.2 Å². The zero-order valence-corrected chi connectivity index (χ0v) is 13.4. The largest absolute Gasteiger partial charge is 0.496 e. The molecule has 2 aromatic rings. The van der Waals surface area contributed by atoms with Crippen molar-refractivity contribution in [3.8, 4) is 5.75 Å². The molecule has 3 N–H and O–H groups in total. The number of hydrogen-bond acceptors (Lipinski definition) is 3. The van der Waals surface area contributed by atoms with Gasteiger partial charge >= 0.3 is 0 Å². The van der Waals surface area contributed by atoms with Crippen molar-refractivity contribution in [2.24, 2.45) is 5.84 Å². The highest BCUT2D eigenvalue weighted by Gasteiger charge is 2.16. The smallest absolute Gasteiger partial charge is 0.124 e. The third kappa shape index (κ3) is 3.73. The monoisotopic (exact) mass is 354 g/mol. The number of halogens is 2. The van der Waals surface area contributed by atoms with E-state index in [1.165, 1.54) is 0 Å². The van der Waals surface area contributed by atoms with E-state index in [0.29, 0.717) is 0 Å². The predicted molar refractivity (Wildman–Crippen MR) is 85.9 cm³/mol. The summed E-state index contributed by atoms with van der Waals surface area (Å²) in [5.74, 6) is 6.50. The average Bonchev–Trinajstić information content (AvgIpc) is 2.45. The Labute approximate surface area is 132 Å². The van der Waals surface area contributed by atoms with Gasteiger partial charge in [0.05, 0.1) is 13.2 Å². The maximum absolute atomic E-state index is 6.01. The summed E-state index contributed by atoms with van der Waals surface area (Å²) in [7, 11) is 1.65. The van der Waals surface area contributed by atoms with Gasteiger partial charge in [-0.25, -0.2) is 0 Å². The topological polar surface area (TPSA) is 47.3 Å². The Balaban J connectivity index is 2.28. The molecule has 0 bridgehead atoms. The Hall–Kier alpha value is -1.07. The third-order valence-corrected chi connectivity index (χ3v) is 3.83. The number of nitrogens with two attached hydrogens (primary N) is 1. The molecular formula is C15H16BrClN2O. The molecule has 3 nitrogen and oxygen atoms in total. The lowest BCUT2D eigenvalue weighted by molar-refractivity contribution is 0.398. The van der Waals surface area contributed by atoms with E-state index in [2.05, 4.69) is 21.4 Å². The summed E-state index contributed by atoms with van der Waals surface area (Å²) in [4.78, 5) is 0. The second kappa shape index (κ2) is 7.09. The first-order valence-electron chi connectivity index (χ1n) is 6.18. The molecule has 0 amide bonds. The summed E-state index contributed by atoms with van der Waals surface area (Å²) in [5, 5.41) is 0.723. The minimum atomic E-state index is -0.0449. The van der Waals surface area contributed by atoms with E-state index in [1.54, 1.807) is 7.11 Å². The zero-order valence-electron chi connectivity index (χ0n) is 11.1. The highest BCUT2D eigenvalue weighted by atomic mass is 79.9. The van der Waals surface area contributed by atoms with E-state index >= 15 is 0 Å². The maximum Gasteiger partial charge on any atom is 0.124 e. The molecule has 0 aliphatic heterocycles. The normalized spacial score (nSPS) is 12.2. The first-order valence-corrected chi connectivity index (χ1v) is 7.35. The number of rotatable bonds is 5. The Bertz CT molecular complexity index is 592. The van der Waals surface area contributed by atoms with Gasteiger partial charge in [0.1, 0.15) is 5.75 Å². The average molecular weight is 356 g/mol. The lowest BCUT2D eigenvalue weighted by atomic mass is 9.98. The fourth-order valence-corrected chi connectivity index (χ4v) is 2.68. The van der Waals surface area contributed by atoms with Gasteiger partial charge in [-0.3, -0.25) is 11.3 Å². The predicted octanol–water partition coefficient (Wildman–Crippen LogP) is 3.86. The van der Waals surface area contributed by atoms with E-state index in [1.807, 2.05) is 42.5 Å². The van der Waals surface area contributed by atoms with Gasteiger partial charge in [0.25, 0.3) is 0 Å². The molecule has 20 heavy (non-hydrogen) atoms. The molecule has 0 fully saturated rings. The van der Waals surface area contributed by atoms with Crippen LogP contribution in [0.15, 0.2) is 46.9 Å². The fraction of sp³-hybridized carbons (Fsp3) is 0.200. The molecule has 0 aliphatic rings. The summed E-state index contributed by atoms with van der Waals surface area (Å²) in [6.45, 7) is 0. The second-order valence-corrected chi connectivity index (χ2v) is 5.79. The lowest BCUT2D eigenvalue weighted by Crippen LogP contribution is -2.29. The highest BCUT2D eigenvalue weighted by molar-refractivity contribution is 9.10. The van der Waals surface area contributed by atoms with E-state index < -0.39 is 0 Å². The van der Waals surface area contributed by atoms with E-state index in [-0.39, 0.29) is 6.04 Å². The molecule has 5 heteroatoms. The van der Waals surface area contributed by atoms with Crippen molar-refractivity contribution in [2.75, 3.05) is 7.11 Å². The fourth-order valence-electron chi connectivity index (χ4n) is 2.13. The Morgan fingerprint density at radius 3 is 2.75 bits per heavy atom. The second-order valence-electron chi connectivity index (χ2n) is 4.44. The Morgan fingerprint density at radius 1 is 1.30 bits per heavy atom. The van der Waals surface area contributed by atoms with Crippen LogP contribution in [-0.4, -0.2) is 7.11 Å². The number of hydrogen-bond donors (Lipinski definition) is 2. The van der Waals surface area contributed by atoms with Gasteiger partial charge in [-0.05, 0) is 36.2 Å². The third-order valence-electron chi connectivity index (χ3n) is 3.10. The summed E-state index contributed by atoms with van der Waals surface area (Å²) >= 11 is 9.45. The van der Waals surface area contributed by atoms with Gasteiger partial charge in [-0.15, -0.1) is 0 Å². The molecule has 106 valence electrons. The summed E-state index contributed by atoms with van der Waals surface area (Å²) in [5.41, 5.74) is 4.97. The van der Waals surface area contributed by atoms with Crippen LogP contribution in [-0.2, 0) is 6.42 Å². The van der Waals surface area contributed by atoms with Crippen LogP contribution in [0.3, 0.4) is 0 Å². The molecule has 1 unspecified atom stereocenters. The minimum absolute atomic E-state index is 0.0449. The first kappa shape index (κ1) is 15.3. The molecule has 0 radical (unpaired) electrons. The van der Waals surface area contributed by atoms with Gasteiger partial charge in [0.2, 0.25) is 0 Å². The van der Waals surface area contributed by atoms with Gasteiger partial charge in [-0.1, -0.05) is 45.7 Å². The Kier molecular flexibility index (Phi) is 5.43. The van der Waals surface area contributed by atoms with Crippen LogP contribution in [0, 0.1) is 0 Å². The van der Waals surface area contributed by atoms with E-state index in [4.69, 9.17) is 22.2 Å². The number of nitrogens with one attached hydrogen (secondary N) is 1. The van der Waals surface area contributed by atoms with Crippen LogP contribution < -0.4 is 16.0 Å². The Morgan fingerprint density at radius 2 is 2.10 bits per heavy atom. The first-order chi connectivity index (χ1) is 9.63. The van der Waals surface area contributed by atoms with Crippen molar-refractivity contribution in [3.05, 3.63) is 63.1 Å². The number of benzene rings is 2. The number of hydrazine groups is 1. The lowest BCUT2D eigenvalue weighted by Gasteiger charge is -2.19. The van der Waals surface area contributed by atoms with Crippen molar-refractivity contribution in [1.82, 2.24) is 5.43 Å². The number of methoxy groups -OCH3 is 1.